The van der Waals surface area contributed by atoms with Gasteiger partial charge in [-0.15, -0.1) is 0 Å². The molecule has 0 radical (unpaired) electrons. The third kappa shape index (κ3) is 4.71. The van der Waals surface area contributed by atoms with Gasteiger partial charge in [0, 0.05) is 17.4 Å². The van der Waals surface area contributed by atoms with Crippen molar-refractivity contribution >= 4 is 11.7 Å². The van der Waals surface area contributed by atoms with Gasteiger partial charge in [-0.3, -0.25) is 5.43 Å². The van der Waals surface area contributed by atoms with Gasteiger partial charge < -0.3 is 5.32 Å². The number of hydrazine groups is 1. The fourth-order valence-corrected chi connectivity index (χ4v) is 2.64. The van der Waals surface area contributed by atoms with E-state index in [0.717, 1.165) is 0 Å². The van der Waals surface area contributed by atoms with E-state index in [0.29, 0.717) is 0 Å². The van der Waals surface area contributed by atoms with Crippen molar-refractivity contribution in [1.82, 2.24) is 15.4 Å². The summed E-state index contributed by atoms with van der Waals surface area (Å²) >= 11 is 0. The van der Waals surface area contributed by atoms with Gasteiger partial charge in [0.2, 0.25) is 5.82 Å². The maximum Gasteiger partial charge on any atom is 0.417 e. The van der Waals surface area contributed by atoms with Gasteiger partial charge in [0.15, 0.2) is 0 Å². The molecular formula is C17H17F3N6O. The molecule has 1 aromatic heterocycles. The molecule has 2 rings (SSSR count). The van der Waals surface area contributed by atoms with E-state index in [-0.39, 0.29) is 40.7 Å². The highest BCUT2D eigenvalue weighted by atomic mass is 19.4. The van der Waals surface area contributed by atoms with E-state index in [4.69, 9.17) is 11.1 Å². The van der Waals surface area contributed by atoms with Crippen LogP contribution in [0.2, 0.25) is 0 Å². The van der Waals surface area contributed by atoms with Crippen LogP contribution in [-0.4, -0.2) is 16.0 Å². The molecule has 2 aromatic rings. The number of benzene rings is 1. The van der Waals surface area contributed by atoms with Gasteiger partial charge in [-0.05, 0) is 30.0 Å². The van der Waals surface area contributed by atoms with E-state index in [1.54, 1.807) is 19.9 Å². The van der Waals surface area contributed by atoms with E-state index < -0.39 is 17.8 Å². The standard InChI is InChI=1S/C17H17F3N6O/c1-9(2)7-11-12(25-16(27)26-22)4-3-10(15(11)17(18,19)20)13-5-6-23-14(8-21)24-13/h3-6,9H,7,22H2,1-2H3,(H2,25,26,27). The summed E-state index contributed by atoms with van der Waals surface area (Å²) in [4.78, 5) is 19.1. The molecule has 1 heterocycles. The van der Waals surface area contributed by atoms with Crippen LogP contribution in [0.3, 0.4) is 0 Å². The summed E-state index contributed by atoms with van der Waals surface area (Å²) in [6.45, 7) is 3.52. The molecule has 0 saturated heterocycles. The number of alkyl halides is 3. The second-order valence-corrected chi connectivity index (χ2v) is 6.09. The molecule has 0 atom stereocenters. The quantitative estimate of drug-likeness (QED) is 0.429. The number of amides is 2. The number of nitrogens with zero attached hydrogens (tertiary/aromatic N) is 3. The first kappa shape index (κ1) is 20.1. The van der Waals surface area contributed by atoms with Crippen molar-refractivity contribution in [2.24, 2.45) is 11.8 Å². The zero-order valence-corrected chi connectivity index (χ0v) is 14.6. The van der Waals surface area contributed by atoms with Gasteiger partial charge in [0.25, 0.3) is 0 Å². The van der Waals surface area contributed by atoms with Crippen LogP contribution in [0, 0.1) is 17.2 Å². The molecule has 142 valence electrons. The maximum atomic E-state index is 14.0. The summed E-state index contributed by atoms with van der Waals surface area (Å²) in [7, 11) is 0. The number of halogens is 3. The van der Waals surface area contributed by atoms with Crippen molar-refractivity contribution in [3.8, 4) is 17.3 Å². The number of anilines is 1. The number of nitrogens with one attached hydrogen (secondary N) is 2. The Balaban J connectivity index is 2.77. The monoisotopic (exact) mass is 378 g/mol. The molecule has 7 nitrogen and oxygen atoms in total. The largest absolute Gasteiger partial charge is 0.417 e. The first-order valence-electron chi connectivity index (χ1n) is 7.91. The molecule has 0 aliphatic rings. The normalized spacial score (nSPS) is 11.2. The van der Waals surface area contributed by atoms with Gasteiger partial charge in [-0.1, -0.05) is 19.9 Å². The Hall–Kier alpha value is -3.19. The van der Waals surface area contributed by atoms with Crippen molar-refractivity contribution in [3.63, 3.8) is 0 Å². The van der Waals surface area contributed by atoms with E-state index in [2.05, 4.69) is 15.3 Å². The molecule has 0 aliphatic heterocycles. The molecule has 4 N–H and O–H groups in total. The predicted octanol–water partition coefficient (Wildman–Crippen LogP) is 3.23. The number of hydrogen-bond acceptors (Lipinski definition) is 5. The number of carbonyl (C=O) groups excluding carboxylic acids is 1. The van der Waals surface area contributed by atoms with E-state index in [9.17, 15) is 18.0 Å². The molecule has 1 aromatic carbocycles. The van der Waals surface area contributed by atoms with Crippen LogP contribution in [0.5, 0.6) is 0 Å². The number of aromatic nitrogens is 2. The first-order valence-corrected chi connectivity index (χ1v) is 7.91. The number of hydrogen-bond donors (Lipinski definition) is 3. The molecule has 2 amide bonds. The molecule has 0 unspecified atom stereocenters. The average molecular weight is 378 g/mol. The third-order valence-electron chi connectivity index (χ3n) is 3.62. The molecule has 27 heavy (non-hydrogen) atoms. The Morgan fingerprint density at radius 2 is 2.04 bits per heavy atom. The Morgan fingerprint density at radius 1 is 1.33 bits per heavy atom. The second kappa shape index (κ2) is 8.01. The number of urea groups is 1. The molecule has 0 spiro atoms. The van der Waals surface area contributed by atoms with Crippen LogP contribution >= 0.6 is 0 Å². The molecule has 0 saturated carbocycles. The van der Waals surface area contributed by atoms with Gasteiger partial charge in [0.05, 0.1) is 11.3 Å². The molecule has 0 bridgehead atoms. The van der Waals surface area contributed by atoms with Crippen LogP contribution < -0.4 is 16.6 Å². The number of nitriles is 1. The molecule has 0 fully saturated rings. The zero-order chi connectivity index (χ0) is 20.2. The minimum absolute atomic E-state index is 0.00251. The van der Waals surface area contributed by atoms with Crippen molar-refractivity contribution < 1.29 is 18.0 Å². The van der Waals surface area contributed by atoms with Crippen molar-refractivity contribution in [2.75, 3.05) is 5.32 Å². The molecular weight excluding hydrogens is 361 g/mol. The highest BCUT2D eigenvalue weighted by molar-refractivity contribution is 5.90. The van der Waals surface area contributed by atoms with Crippen LogP contribution in [-0.2, 0) is 12.6 Å². The predicted molar refractivity (Wildman–Crippen MR) is 92.1 cm³/mol. The van der Waals surface area contributed by atoms with Crippen LogP contribution in [0.4, 0.5) is 23.7 Å². The van der Waals surface area contributed by atoms with Crippen LogP contribution in [0.25, 0.3) is 11.3 Å². The number of rotatable bonds is 4. The average Bonchev–Trinajstić information content (AvgIpc) is 2.61. The SMILES string of the molecule is CC(C)Cc1c(NC(=O)NN)ccc(-c2ccnc(C#N)n2)c1C(F)(F)F. The van der Waals surface area contributed by atoms with Crippen LogP contribution in [0.15, 0.2) is 24.4 Å². The Labute approximate surface area is 153 Å². The molecule has 10 heteroatoms. The lowest BCUT2D eigenvalue weighted by Gasteiger charge is -2.22. The summed E-state index contributed by atoms with van der Waals surface area (Å²) in [6, 6.07) is 4.71. The minimum Gasteiger partial charge on any atom is -0.307 e. The van der Waals surface area contributed by atoms with Crippen molar-refractivity contribution in [2.45, 2.75) is 26.4 Å². The summed E-state index contributed by atoms with van der Waals surface area (Å²) in [5, 5.41) is 11.2. The fourth-order valence-electron chi connectivity index (χ4n) is 2.64. The fraction of sp³-hybridized carbons (Fsp3) is 0.294. The third-order valence-corrected chi connectivity index (χ3v) is 3.62. The zero-order valence-electron chi connectivity index (χ0n) is 14.6. The van der Waals surface area contributed by atoms with Gasteiger partial charge in [-0.2, -0.15) is 18.4 Å². The smallest absolute Gasteiger partial charge is 0.307 e. The van der Waals surface area contributed by atoms with Gasteiger partial charge in [-0.25, -0.2) is 20.6 Å². The van der Waals surface area contributed by atoms with E-state index >= 15 is 0 Å². The van der Waals surface area contributed by atoms with Gasteiger partial charge >= 0.3 is 12.2 Å². The lowest BCUT2D eigenvalue weighted by Crippen LogP contribution is -2.35. The summed E-state index contributed by atoms with van der Waals surface area (Å²) < 4.78 is 41.9. The molecule has 0 aliphatic carbocycles. The second-order valence-electron chi connectivity index (χ2n) is 6.09. The topological polar surface area (TPSA) is 117 Å². The Kier molecular flexibility index (Phi) is 5.97. The first-order chi connectivity index (χ1) is 12.7. The highest BCUT2D eigenvalue weighted by Crippen LogP contribution is 2.42. The van der Waals surface area contributed by atoms with Crippen molar-refractivity contribution in [3.05, 3.63) is 41.3 Å². The number of carbonyl (C=O) groups is 1. The summed E-state index contributed by atoms with van der Waals surface area (Å²) in [6.07, 6.45) is -3.44. The van der Waals surface area contributed by atoms with Crippen LogP contribution in [0.1, 0.15) is 30.8 Å². The lowest BCUT2D eigenvalue weighted by atomic mass is 9.91. The maximum absolute atomic E-state index is 14.0. The lowest BCUT2D eigenvalue weighted by molar-refractivity contribution is -0.137. The number of nitrogens with two attached hydrogens (primary N) is 1. The highest BCUT2D eigenvalue weighted by Gasteiger charge is 2.38. The van der Waals surface area contributed by atoms with Crippen molar-refractivity contribution in [1.29, 1.82) is 5.26 Å². The van der Waals surface area contributed by atoms with Gasteiger partial charge in [0.1, 0.15) is 6.07 Å². The Bertz CT molecular complexity index is 889. The summed E-state index contributed by atoms with van der Waals surface area (Å²) in [5.74, 6) is 4.65. The Morgan fingerprint density at radius 3 is 2.59 bits per heavy atom. The summed E-state index contributed by atoms with van der Waals surface area (Å²) in [5.41, 5.74) is 0.581. The van der Waals surface area contributed by atoms with E-state index in [1.165, 1.54) is 24.4 Å². The van der Waals surface area contributed by atoms with E-state index in [1.807, 2.05) is 5.43 Å². The minimum atomic E-state index is -4.71.